The van der Waals surface area contributed by atoms with E-state index >= 15 is 0 Å². The highest BCUT2D eigenvalue weighted by molar-refractivity contribution is 5.99. The van der Waals surface area contributed by atoms with Gasteiger partial charge < -0.3 is 10.2 Å². The number of nitrogens with one attached hydrogen (secondary N) is 1. The summed E-state index contributed by atoms with van der Waals surface area (Å²) in [7, 11) is 0. The first-order valence-electron chi connectivity index (χ1n) is 8.62. The lowest BCUT2D eigenvalue weighted by molar-refractivity contribution is -0.158. The molecule has 3 fully saturated rings. The van der Waals surface area contributed by atoms with Crippen LogP contribution < -0.4 is 5.32 Å². The molecule has 0 bridgehead atoms. The average molecular weight is 292 g/mol. The van der Waals surface area contributed by atoms with Crippen LogP contribution in [0.4, 0.5) is 0 Å². The molecule has 3 rings (SSSR count). The zero-order chi connectivity index (χ0) is 15.0. The number of carbonyl (C=O) groups is 2. The molecular weight excluding hydrogens is 264 g/mol. The maximum absolute atomic E-state index is 13.0. The van der Waals surface area contributed by atoms with E-state index in [1.165, 1.54) is 38.5 Å². The van der Waals surface area contributed by atoms with Crippen molar-refractivity contribution in [2.24, 2.45) is 11.8 Å². The number of amides is 2. The highest BCUT2D eigenvalue weighted by Crippen LogP contribution is 2.34. The lowest BCUT2D eigenvalue weighted by Crippen LogP contribution is -2.70. The Kier molecular flexibility index (Phi) is 3.98. The molecule has 3 aliphatic rings. The van der Waals surface area contributed by atoms with Crippen LogP contribution in [0.15, 0.2) is 0 Å². The molecule has 1 aliphatic heterocycles. The van der Waals surface area contributed by atoms with Gasteiger partial charge >= 0.3 is 0 Å². The first-order valence-corrected chi connectivity index (χ1v) is 8.62. The van der Waals surface area contributed by atoms with E-state index in [1.807, 2.05) is 18.7 Å². The molecule has 0 aromatic rings. The van der Waals surface area contributed by atoms with Crippen LogP contribution in [0.2, 0.25) is 0 Å². The summed E-state index contributed by atoms with van der Waals surface area (Å²) in [5.74, 6) is 1.14. The van der Waals surface area contributed by atoms with Crippen molar-refractivity contribution >= 4 is 11.8 Å². The van der Waals surface area contributed by atoms with Crippen LogP contribution in [0.5, 0.6) is 0 Å². The van der Waals surface area contributed by atoms with Crippen molar-refractivity contribution in [3.05, 3.63) is 0 Å². The smallest absolute Gasteiger partial charge is 0.246 e. The third-order valence-corrected chi connectivity index (χ3v) is 5.84. The molecule has 0 aromatic carbocycles. The molecule has 1 heterocycles. The second kappa shape index (κ2) is 5.62. The van der Waals surface area contributed by atoms with E-state index in [-0.39, 0.29) is 17.9 Å². The average Bonchev–Trinajstić information content (AvgIpc) is 2.42. The number of rotatable bonds is 3. The van der Waals surface area contributed by atoms with E-state index in [0.717, 1.165) is 19.4 Å². The lowest BCUT2D eigenvalue weighted by Gasteiger charge is -2.48. The molecule has 2 aliphatic carbocycles. The summed E-state index contributed by atoms with van der Waals surface area (Å²) in [6, 6.07) is -0.272. The van der Waals surface area contributed by atoms with Gasteiger partial charge in [-0.1, -0.05) is 25.7 Å². The van der Waals surface area contributed by atoms with Gasteiger partial charge in [0, 0.05) is 6.54 Å². The molecule has 21 heavy (non-hydrogen) atoms. The van der Waals surface area contributed by atoms with Crippen molar-refractivity contribution in [2.75, 3.05) is 6.54 Å². The minimum absolute atomic E-state index is 0.0250. The molecule has 4 nitrogen and oxygen atoms in total. The fourth-order valence-corrected chi connectivity index (χ4v) is 3.98. The van der Waals surface area contributed by atoms with E-state index in [2.05, 4.69) is 5.32 Å². The molecule has 0 spiro atoms. The van der Waals surface area contributed by atoms with Gasteiger partial charge in [0.05, 0.1) is 0 Å². The second-order valence-electron chi connectivity index (χ2n) is 7.65. The van der Waals surface area contributed by atoms with Gasteiger partial charge in [-0.3, -0.25) is 9.59 Å². The Balaban J connectivity index is 1.77. The monoisotopic (exact) mass is 292 g/mol. The molecule has 1 N–H and O–H groups in total. The van der Waals surface area contributed by atoms with Gasteiger partial charge in [-0.25, -0.2) is 0 Å². The molecule has 1 unspecified atom stereocenters. The first-order chi connectivity index (χ1) is 10.00. The fourth-order valence-electron chi connectivity index (χ4n) is 3.98. The van der Waals surface area contributed by atoms with Crippen LogP contribution in [0.25, 0.3) is 0 Å². The fraction of sp³-hybridized carbons (Fsp3) is 0.882. The van der Waals surface area contributed by atoms with E-state index in [9.17, 15) is 9.59 Å². The Bertz CT molecular complexity index is 423. The zero-order valence-corrected chi connectivity index (χ0v) is 13.4. The molecule has 1 saturated heterocycles. The van der Waals surface area contributed by atoms with Crippen molar-refractivity contribution < 1.29 is 9.59 Å². The van der Waals surface area contributed by atoms with Crippen LogP contribution >= 0.6 is 0 Å². The summed E-state index contributed by atoms with van der Waals surface area (Å²) in [6.45, 7) is 4.54. The van der Waals surface area contributed by atoms with Crippen molar-refractivity contribution in [1.29, 1.82) is 0 Å². The quantitative estimate of drug-likeness (QED) is 0.868. The van der Waals surface area contributed by atoms with Gasteiger partial charge in [-0.05, 0) is 51.4 Å². The maximum atomic E-state index is 13.0. The third kappa shape index (κ3) is 2.69. The third-order valence-electron chi connectivity index (χ3n) is 5.84. The summed E-state index contributed by atoms with van der Waals surface area (Å²) in [4.78, 5) is 27.4. The van der Waals surface area contributed by atoms with Gasteiger partial charge in [-0.2, -0.15) is 0 Å². The SMILES string of the molecule is CC1(C)C(=O)NC(C2CCCCC2)C(=O)N1CC1CCC1. The number of nitrogens with zero attached hydrogens (tertiary/aromatic N) is 1. The summed E-state index contributed by atoms with van der Waals surface area (Å²) in [5, 5.41) is 3.04. The van der Waals surface area contributed by atoms with Gasteiger partial charge in [0.15, 0.2) is 0 Å². The molecule has 1 atom stereocenters. The molecular formula is C17H28N2O2. The number of carbonyl (C=O) groups excluding carboxylic acids is 2. The standard InChI is InChI=1S/C17H28N2O2/c1-17(2)16(21)18-14(13-9-4-3-5-10-13)15(20)19(17)11-12-7-6-8-12/h12-14H,3-11H2,1-2H3,(H,18,21). The van der Waals surface area contributed by atoms with Gasteiger partial charge in [0.2, 0.25) is 11.8 Å². The molecule has 4 heteroatoms. The lowest BCUT2D eigenvalue weighted by atomic mass is 9.79. The Morgan fingerprint density at radius 2 is 1.71 bits per heavy atom. The normalized spacial score (nSPS) is 31.0. The molecule has 0 aromatic heterocycles. The van der Waals surface area contributed by atoms with Crippen molar-refractivity contribution in [3.63, 3.8) is 0 Å². The van der Waals surface area contributed by atoms with Crippen LogP contribution in [-0.2, 0) is 9.59 Å². The molecule has 2 amide bonds. The number of piperazine rings is 1. The Morgan fingerprint density at radius 3 is 2.29 bits per heavy atom. The highest BCUT2D eigenvalue weighted by atomic mass is 16.2. The second-order valence-corrected chi connectivity index (χ2v) is 7.65. The van der Waals surface area contributed by atoms with E-state index in [4.69, 9.17) is 0 Å². The van der Waals surface area contributed by atoms with Crippen LogP contribution in [0, 0.1) is 11.8 Å². The zero-order valence-electron chi connectivity index (χ0n) is 13.4. The number of hydrogen-bond donors (Lipinski definition) is 1. The predicted octanol–water partition coefficient (Wildman–Crippen LogP) is 2.47. The summed E-state index contributed by atoms with van der Waals surface area (Å²) in [6.07, 6.45) is 9.48. The molecule has 2 saturated carbocycles. The van der Waals surface area contributed by atoms with Crippen molar-refractivity contribution in [1.82, 2.24) is 10.2 Å². The Hall–Kier alpha value is -1.06. The van der Waals surface area contributed by atoms with Crippen LogP contribution in [-0.4, -0.2) is 34.8 Å². The topological polar surface area (TPSA) is 49.4 Å². The largest absolute Gasteiger partial charge is 0.342 e. The summed E-state index contributed by atoms with van der Waals surface area (Å²) < 4.78 is 0. The minimum atomic E-state index is -0.697. The van der Waals surface area contributed by atoms with E-state index in [0.29, 0.717) is 11.8 Å². The van der Waals surface area contributed by atoms with Gasteiger partial charge in [0.25, 0.3) is 0 Å². The van der Waals surface area contributed by atoms with E-state index in [1.54, 1.807) is 0 Å². The number of hydrogen-bond acceptors (Lipinski definition) is 2. The Morgan fingerprint density at radius 1 is 1.05 bits per heavy atom. The Labute approximate surface area is 127 Å². The van der Waals surface area contributed by atoms with Crippen molar-refractivity contribution in [2.45, 2.75) is 76.8 Å². The summed E-state index contributed by atoms with van der Waals surface area (Å²) in [5.41, 5.74) is -0.697. The van der Waals surface area contributed by atoms with E-state index < -0.39 is 5.54 Å². The molecule has 118 valence electrons. The summed E-state index contributed by atoms with van der Waals surface area (Å²) >= 11 is 0. The predicted molar refractivity (Wildman–Crippen MR) is 81.6 cm³/mol. The maximum Gasteiger partial charge on any atom is 0.246 e. The van der Waals surface area contributed by atoms with Crippen molar-refractivity contribution in [3.8, 4) is 0 Å². The van der Waals surface area contributed by atoms with Gasteiger partial charge in [-0.15, -0.1) is 0 Å². The van der Waals surface area contributed by atoms with Crippen LogP contribution in [0.1, 0.15) is 65.2 Å². The first kappa shape index (κ1) is 14.9. The van der Waals surface area contributed by atoms with Crippen LogP contribution in [0.3, 0.4) is 0 Å². The van der Waals surface area contributed by atoms with Gasteiger partial charge in [0.1, 0.15) is 11.6 Å². The highest BCUT2D eigenvalue weighted by Gasteiger charge is 2.49. The molecule has 0 radical (unpaired) electrons. The minimum Gasteiger partial charge on any atom is -0.342 e.